The molecule has 0 aliphatic carbocycles. The predicted molar refractivity (Wildman–Crippen MR) is 80.5 cm³/mol. The first-order valence-electron chi connectivity index (χ1n) is 7.99. The van der Waals surface area contributed by atoms with Crippen molar-refractivity contribution < 1.29 is 0 Å². The number of hydrogen-bond donors (Lipinski definition) is 0. The highest BCUT2D eigenvalue weighted by molar-refractivity contribution is 4.67. The Morgan fingerprint density at radius 2 is 1.18 bits per heavy atom. The Kier molecular flexibility index (Phi) is 9.97. The van der Waals surface area contributed by atoms with E-state index in [0.29, 0.717) is 5.41 Å². The van der Waals surface area contributed by atoms with Crippen LogP contribution < -0.4 is 0 Å². The Bertz CT molecular complexity index is 142. The van der Waals surface area contributed by atoms with Crippen LogP contribution in [0.1, 0.15) is 98.8 Å². The maximum atomic E-state index is 2.38. The number of rotatable bonds is 10. The van der Waals surface area contributed by atoms with Gasteiger partial charge in [0.25, 0.3) is 0 Å². The van der Waals surface area contributed by atoms with Crippen LogP contribution in [0.3, 0.4) is 0 Å². The lowest BCUT2D eigenvalue weighted by Gasteiger charge is -2.23. The molecule has 104 valence electrons. The highest BCUT2D eigenvalue weighted by Crippen LogP contribution is 2.29. The second-order valence-corrected chi connectivity index (χ2v) is 6.96. The minimum Gasteiger partial charge on any atom is -0.0654 e. The first-order chi connectivity index (χ1) is 7.99. The van der Waals surface area contributed by atoms with Crippen molar-refractivity contribution in [3.05, 3.63) is 0 Å². The molecule has 0 fully saturated rings. The van der Waals surface area contributed by atoms with Crippen LogP contribution in [0.5, 0.6) is 0 Å². The van der Waals surface area contributed by atoms with Crippen LogP contribution in [0, 0.1) is 11.3 Å². The smallest absolute Gasteiger partial charge is 0.0383 e. The van der Waals surface area contributed by atoms with Gasteiger partial charge < -0.3 is 0 Å². The minimum atomic E-state index is 0.522. The molecule has 0 aromatic carbocycles. The molecule has 0 aliphatic heterocycles. The van der Waals surface area contributed by atoms with E-state index in [2.05, 4.69) is 34.6 Å². The van der Waals surface area contributed by atoms with Gasteiger partial charge in [0.1, 0.15) is 0 Å². The summed E-state index contributed by atoms with van der Waals surface area (Å²) in [5.74, 6) is 1.01. The molecule has 0 radical (unpaired) electrons. The molecule has 0 nitrogen and oxygen atoms in total. The SMILES string of the molecule is CCCCCC(CCCCC)CCC(C)(C)C. The summed E-state index contributed by atoms with van der Waals surface area (Å²) in [5, 5.41) is 0. The van der Waals surface area contributed by atoms with Gasteiger partial charge in [-0.05, 0) is 24.2 Å². The zero-order chi connectivity index (χ0) is 13.1. The van der Waals surface area contributed by atoms with Gasteiger partial charge in [-0.1, -0.05) is 86.0 Å². The summed E-state index contributed by atoms with van der Waals surface area (Å²) < 4.78 is 0. The zero-order valence-electron chi connectivity index (χ0n) is 13.1. The average Bonchev–Trinajstić information content (AvgIpc) is 2.24. The Morgan fingerprint density at radius 1 is 0.706 bits per heavy atom. The Labute approximate surface area is 111 Å². The molecule has 17 heavy (non-hydrogen) atoms. The monoisotopic (exact) mass is 240 g/mol. The van der Waals surface area contributed by atoms with E-state index in [1.54, 1.807) is 0 Å². The highest BCUT2D eigenvalue weighted by atomic mass is 14.2. The van der Waals surface area contributed by atoms with E-state index in [-0.39, 0.29) is 0 Å². The number of hydrogen-bond acceptors (Lipinski definition) is 0. The van der Waals surface area contributed by atoms with Crippen molar-refractivity contribution in [1.82, 2.24) is 0 Å². The largest absolute Gasteiger partial charge is 0.0654 e. The van der Waals surface area contributed by atoms with E-state index >= 15 is 0 Å². The molecular formula is C17H36. The lowest BCUT2D eigenvalue weighted by atomic mass is 9.83. The van der Waals surface area contributed by atoms with E-state index in [0.717, 1.165) is 5.92 Å². The van der Waals surface area contributed by atoms with Gasteiger partial charge in [0, 0.05) is 0 Å². The van der Waals surface area contributed by atoms with Gasteiger partial charge in [0.15, 0.2) is 0 Å². The van der Waals surface area contributed by atoms with Crippen molar-refractivity contribution in [3.8, 4) is 0 Å². The van der Waals surface area contributed by atoms with Gasteiger partial charge in [0.2, 0.25) is 0 Å². The normalized spacial score (nSPS) is 12.4. The van der Waals surface area contributed by atoms with Crippen molar-refractivity contribution in [3.63, 3.8) is 0 Å². The molecule has 0 atom stereocenters. The molecule has 0 heteroatoms. The summed E-state index contributed by atoms with van der Waals surface area (Å²) in [6.45, 7) is 11.7. The highest BCUT2D eigenvalue weighted by Gasteiger charge is 2.14. The maximum absolute atomic E-state index is 2.38. The first kappa shape index (κ1) is 17.0. The van der Waals surface area contributed by atoms with Gasteiger partial charge >= 0.3 is 0 Å². The average molecular weight is 240 g/mol. The van der Waals surface area contributed by atoms with Crippen molar-refractivity contribution in [2.24, 2.45) is 11.3 Å². The van der Waals surface area contributed by atoms with Crippen molar-refractivity contribution in [1.29, 1.82) is 0 Å². The van der Waals surface area contributed by atoms with Crippen LogP contribution in [-0.2, 0) is 0 Å². The minimum absolute atomic E-state index is 0.522. The summed E-state index contributed by atoms with van der Waals surface area (Å²) in [6, 6.07) is 0. The molecule has 0 aromatic heterocycles. The summed E-state index contributed by atoms with van der Waals surface area (Å²) >= 11 is 0. The molecule has 0 spiro atoms. The molecule has 0 rings (SSSR count). The second kappa shape index (κ2) is 9.97. The van der Waals surface area contributed by atoms with E-state index in [9.17, 15) is 0 Å². The van der Waals surface area contributed by atoms with Crippen LogP contribution in [0.15, 0.2) is 0 Å². The lowest BCUT2D eigenvalue weighted by molar-refractivity contribution is 0.294. The lowest BCUT2D eigenvalue weighted by Crippen LogP contribution is -2.09. The van der Waals surface area contributed by atoms with Crippen molar-refractivity contribution in [2.45, 2.75) is 98.8 Å². The fourth-order valence-electron chi connectivity index (χ4n) is 2.44. The molecule has 0 heterocycles. The van der Waals surface area contributed by atoms with E-state index < -0.39 is 0 Å². The molecule has 0 N–H and O–H groups in total. The summed E-state index contributed by atoms with van der Waals surface area (Å²) in [6.07, 6.45) is 14.3. The third-order valence-corrected chi connectivity index (χ3v) is 3.73. The van der Waals surface area contributed by atoms with Crippen molar-refractivity contribution >= 4 is 0 Å². The van der Waals surface area contributed by atoms with E-state index in [4.69, 9.17) is 0 Å². The van der Waals surface area contributed by atoms with E-state index in [1.807, 2.05) is 0 Å². The standard InChI is InChI=1S/C17H36/c1-6-8-10-12-16(13-11-9-7-2)14-15-17(3,4)5/h16H,6-15H2,1-5H3. The van der Waals surface area contributed by atoms with Crippen LogP contribution in [0.2, 0.25) is 0 Å². The third kappa shape index (κ3) is 12.2. The fraction of sp³-hybridized carbons (Fsp3) is 1.00. The molecule has 0 unspecified atom stereocenters. The third-order valence-electron chi connectivity index (χ3n) is 3.73. The van der Waals surface area contributed by atoms with Gasteiger partial charge in [-0.3, -0.25) is 0 Å². The van der Waals surface area contributed by atoms with Crippen LogP contribution >= 0.6 is 0 Å². The van der Waals surface area contributed by atoms with Gasteiger partial charge in [-0.2, -0.15) is 0 Å². The molecule has 0 amide bonds. The molecule has 0 aliphatic rings. The Morgan fingerprint density at radius 3 is 1.53 bits per heavy atom. The van der Waals surface area contributed by atoms with Gasteiger partial charge in [0.05, 0.1) is 0 Å². The molecule has 0 saturated carbocycles. The summed E-state index contributed by atoms with van der Waals surface area (Å²) in [7, 11) is 0. The number of unbranched alkanes of at least 4 members (excludes halogenated alkanes) is 4. The topological polar surface area (TPSA) is 0 Å². The van der Waals surface area contributed by atoms with Gasteiger partial charge in [-0.15, -0.1) is 0 Å². The van der Waals surface area contributed by atoms with Crippen LogP contribution in [0.25, 0.3) is 0 Å². The molecule has 0 saturated heterocycles. The van der Waals surface area contributed by atoms with Gasteiger partial charge in [-0.25, -0.2) is 0 Å². The molecule has 0 bridgehead atoms. The Hall–Kier alpha value is 0. The first-order valence-corrected chi connectivity index (χ1v) is 7.99. The summed E-state index contributed by atoms with van der Waals surface area (Å²) in [5.41, 5.74) is 0.522. The van der Waals surface area contributed by atoms with Crippen LogP contribution in [0.4, 0.5) is 0 Å². The van der Waals surface area contributed by atoms with Crippen molar-refractivity contribution in [2.75, 3.05) is 0 Å². The quantitative estimate of drug-likeness (QED) is 0.378. The Balaban J connectivity index is 3.83. The summed E-state index contributed by atoms with van der Waals surface area (Å²) in [4.78, 5) is 0. The molecule has 0 aromatic rings. The second-order valence-electron chi connectivity index (χ2n) is 6.96. The molecular weight excluding hydrogens is 204 g/mol. The van der Waals surface area contributed by atoms with E-state index in [1.165, 1.54) is 64.2 Å². The predicted octanol–water partition coefficient (Wildman–Crippen LogP) is 6.59. The van der Waals surface area contributed by atoms with Crippen LogP contribution in [-0.4, -0.2) is 0 Å². The maximum Gasteiger partial charge on any atom is -0.0383 e. The fourth-order valence-corrected chi connectivity index (χ4v) is 2.44. The zero-order valence-corrected chi connectivity index (χ0v) is 13.1.